The van der Waals surface area contributed by atoms with Crippen molar-refractivity contribution in [3.05, 3.63) is 35.4 Å². The van der Waals surface area contributed by atoms with Gasteiger partial charge in [-0.2, -0.15) is 0 Å². The molecule has 1 aliphatic rings. The van der Waals surface area contributed by atoms with Crippen LogP contribution in [0.1, 0.15) is 36.5 Å². The Hall–Kier alpha value is -1.49. The number of amides is 1. The summed E-state index contributed by atoms with van der Waals surface area (Å²) in [6.07, 6.45) is 3.25. The maximum atomic E-state index is 13.7. The number of rotatable bonds is 4. The highest BCUT2D eigenvalue weighted by molar-refractivity contribution is 5.94. The number of hydrogen-bond acceptors (Lipinski definition) is 2. The average molecular weight is 282 g/mol. The van der Waals surface area contributed by atoms with Gasteiger partial charge in [0, 0.05) is 19.1 Å². The third kappa shape index (κ3) is 3.33. The van der Waals surface area contributed by atoms with Gasteiger partial charge in [0.1, 0.15) is 17.2 Å². The molecule has 1 aliphatic heterocycles. The second kappa shape index (κ2) is 6.79. The minimum atomic E-state index is -0.801. The van der Waals surface area contributed by atoms with Crippen LogP contribution in [0.15, 0.2) is 18.2 Å². The molecule has 3 nitrogen and oxygen atoms in total. The van der Waals surface area contributed by atoms with Gasteiger partial charge in [-0.3, -0.25) is 4.79 Å². The summed E-state index contributed by atoms with van der Waals surface area (Å²) in [6.45, 7) is 3.68. The summed E-state index contributed by atoms with van der Waals surface area (Å²) in [5.74, 6) is -2.18. The summed E-state index contributed by atoms with van der Waals surface area (Å²) in [7, 11) is 0. The number of likely N-dealkylation sites (N-methyl/N-ethyl adjacent to an activating group) is 1. The van der Waals surface area contributed by atoms with Crippen molar-refractivity contribution in [3.63, 3.8) is 0 Å². The lowest BCUT2D eigenvalue weighted by Gasteiger charge is -2.30. The molecule has 1 fully saturated rings. The Bertz CT molecular complexity index is 453. The topological polar surface area (TPSA) is 32.3 Å². The number of nitrogens with one attached hydrogen (secondary N) is 1. The van der Waals surface area contributed by atoms with Crippen LogP contribution in [0.3, 0.4) is 0 Å². The number of carbonyl (C=O) groups is 1. The Morgan fingerprint density at radius 3 is 2.60 bits per heavy atom. The van der Waals surface area contributed by atoms with E-state index in [1.165, 1.54) is 11.0 Å². The zero-order chi connectivity index (χ0) is 14.5. The summed E-state index contributed by atoms with van der Waals surface area (Å²) in [4.78, 5) is 13.8. The van der Waals surface area contributed by atoms with Crippen molar-refractivity contribution in [2.45, 2.75) is 32.2 Å². The normalized spacial score (nSPS) is 18.9. The summed E-state index contributed by atoms with van der Waals surface area (Å²) in [5, 5.41) is 3.34. The predicted molar refractivity (Wildman–Crippen MR) is 73.6 cm³/mol. The molecule has 1 amide bonds. The molecule has 2 rings (SSSR count). The predicted octanol–water partition coefficient (Wildman–Crippen LogP) is 2.57. The monoisotopic (exact) mass is 282 g/mol. The lowest BCUT2D eigenvalue weighted by atomic mass is 10.0. The van der Waals surface area contributed by atoms with Crippen LogP contribution in [0.5, 0.6) is 0 Å². The Balaban J connectivity index is 2.12. The van der Waals surface area contributed by atoms with E-state index < -0.39 is 23.1 Å². The fourth-order valence-electron chi connectivity index (χ4n) is 2.56. The molecule has 20 heavy (non-hydrogen) atoms. The molecule has 0 aromatic heterocycles. The second-order valence-electron chi connectivity index (χ2n) is 5.09. The van der Waals surface area contributed by atoms with E-state index in [-0.39, 0.29) is 6.04 Å². The van der Waals surface area contributed by atoms with E-state index in [4.69, 9.17) is 0 Å². The van der Waals surface area contributed by atoms with E-state index in [1.807, 2.05) is 6.92 Å². The third-order valence-corrected chi connectivity index (χ3v) is 3.70. The second-order valence-corrected chi connectivity index (χ2v) is 5.09. The Morgan fingerprint density at radius 1 is 1.35 bits per heavy atom. The van der Waals surface area contributed by atoms with E-state index in [2.05, 4.69) is 5.32 Å². The van der Waals surface area contributed by atoms with Crippen molar-refractivity contribution >= 4 is 5.91 Å². The highest BCUT2D eigenvalue weighted by Crippen LogP contribution is 2.16. The summed E-state index contributed by atoms with van der Waals surface area (Å²) in [6, 6.07) is 3.70. The van der Waals surface area contributed by atoms with Crippen molar-refractivity contribution in [2.75, 3.05) is 19.6 Å². The SMILES string of the molecule is CCN(CC1CCCCN1)C(=O)c1c(F)cccc1F. The van der Waals surface area contributed by atoms with Gasteiger partial charge in [-0.1, -0.05) is 12.5 Å². The molecule has 1 unspecified atom stereocenters. The van der Waals surface area contributed by atoms with Crippen LogP contribution in [0.25, 0.3) is 0 Å². The first-order valence-electron chi connectivity index (χ1n) is 7.10. The molecule has 1 heterocycles. The van der Waals surface area contributed by atoms with Gasteiger partial charge in [0.05, 0.1) is 0 Å². The molecular formula is C15H20F2N2O. The van der Waals surface area contributed by atoms with Gasteiger partial charge < -0.3 is 10.2 Å². The number of benzene rings is 1. The van der Waals surface area contributed by atoms with Crippen LogP contribution < -0.4 is 5.32 Å². The molecule has 5 heteroatoms. The molecule has 0 radical (unpaired) electrons. The van der Waals surface area contributed by atoms with Gasteiger partial charge in [-0.15, -0.1) is 0 Å². The maximum Gasteiger partial charge on any atom is 0.259 e. The van der Waals surface area contributed by atoms with Gasteiger partial charge in [0.15, 0.2) is 0 Å². The molecule has 1 aromatic carbocycles. The fraction of sp³-hybridized carbons (Fsp3) is 0.533. The van der Waals surface area contributed by atoms with Gasteiger partial charge in [-0.25, -0.2) is 8.78 Å². The lowest BCUT2D eigenvalue weighted by molar-refractivity contribution is 0.0731. The highest BCUT2D eigenvalue weighted by Gasteiger charge is 2.24. The maximum absolute atomic E-state index is 13.7. The highest BCUT2D eigenvalue weighted by atomic mass is 19.1. The molecule has 1 N–H and O–H groups in total. The van der Waals surface area contributed by atoms with Crippen LogP contribution in [-0.4, -0.2) is 36.5 Å². The van der Waals surface area contributed by atoms with E-state index >= 15 is 0 Å². The Kier molecular flexibility index (Phi) is 5.06. The molecule has 1 aromatic rings. The van der Waals surface area contributed by atoms with Crippen molar-refractivity contribution in [1.82, 2.24) is 10.2 Å². The van der Waals surface area contributed by atoms with E-state index in [0.717, 1.165) is 37.9 Å². The third-order valence-electron chi connectivity index (χ3n) is 3.70. The summed E-state index contributed by atoms with van der Waals surface area (Å²) < 4.78 is 27.3. The quantitative estimate of drug-likeness (QED) is 0.920. The van der Waals surface area contributed by atoms with Crippen LogP contribution in [-0.2, 0) is 0 Å². The fourth-order valence-corrected chi connectivity index (χ4v) is 2.56. The van der Waals surface area contributed by atoms with Crippen molar-refractivity contribution < 1.29 is 13.6 Å². The number of hydrogen-bond donors (Lipinski definition) is 1. The number of nitrogens with zero attached hydrogens (tertiary/aromatic N) is 1. The minimum Gasteiger partial charge on any atom is -0.337 e. The molecule has 0 saturated carbocycles. The van der Waals surface area contributed by atoms with Gasteiger partial charge in [0.25, 0.3) is 5.91 Å². The first kappa shape index (κ1) is 14.9. The minimum absolute atomic E-state index is 0.211. The van der Waals surface area contributed by atoms with Crippen molar-refractivity contribution in [3.8, 4) is 0 Å². The first-order valence-corrected chi connectivity index (χ1v) is 7.10. The zero-order valence-corrected chi connectivity index (χ0v) is 11.7. The smallest absolute Gasteiger partial charge is 0.259 e. The number of piperidine rings is 1. The molecule has 110 valence electrons. The molecule has 1 saturated heterocycles. The molecule has 0 spiro atoms. The first-order chi connectivity index (χ1) is 9.63. The number of halogens is 2. The average Bonchev–Trinajstić information content (AvgIpc) is 2.45. The lowest BCUT2D eigenvalue weighted by Crippen LogP contribution is -2.46. The van der Waals surface area contributed by atoms with Crippen molar-refractivity contribution in [1.29, 1.82) is 0 Å². The van der Waals surface area contributed by atoms with Gasteiger partial charge in [0.2, 0.25) is 0 Å². The number of carbonyl (C=O) groups excluding carboxylic acids is 1. The van der Waals surface area contributed by atoms with E-state index in [1.54, 1.807) is 0 Å². The van der Waals surface area contributed by atoms with Gasteiger partial charge >= 0.3 is 0 Å². The van der Waals surface area contributed by atoms with Crippen LogP contribution in [0.4, 0.5) is 8.78 Å². The summed E-state index contributed by atoms with van der Waals surface area (Å²) >= 11 is 0. The van der Waals surface area contributed by atoms with Crippen LogP contribution >= 0.6 is 0 Å². The Morgan fingerprint density at radius 2 is 2.05 bits per heavy atom. The summed E-state index contributed by atoms with van der Waals surface area (Å²) in [5.41, 5.74) is -0.454. The standard InChI is InChI=1S/C15H20F2N2O/c1-2-19(10-11-6-3-4-9-18-11)15(20)14-12(16)7-5-8-13(14)17/h5,7-8,11,18H,2-4,6,9-10H2,1H3. The molecule has 0 aliphatic carbocycles. The van der Waals surface area contributed by atoms with Gasteiger partial charge in [-0.05, 0) is 38.4 Å². The van der Waals surface area contributed by atoms with Crippen LogP contribution in [0, 0.1) is 11.6 Å². The zero-order valence-electron chi connectivity index (χ0n) is 11.7. The molecular weight excluding hydrogens is 262 g/mol. The van der Waals surface area contributed by atoms with Crippen molar-refractivity contribution in [2.24, 2.45) is 0 Å². The van der Waals surface area contributed by atoms with Crippen LogP contribution in [0.2, 0.25) is 0 Å². The molecule has 0 bridgehead atoms. The van der Waals surface area contributed by atoms with E-state index in [0.29, 0.717) is 13.1 Å². The van der Waals surface area contributed by atoms with E-state index in [9.17, 15) is 13.6 Å². The Labute approximate surface area is 118 Å². The largest absolute Gasteiger partial charge is 0.337 e. The molecule has 1 atom stereocenters.